The number of para-hydroxylation sites is 2. The lowest BCUT2D eigenvalue weighted by Crippen LogP contribution is -2.34. The van der Waals surface area contributed by atoms with Crippen LogP contribution in [0.3, 0.4) is 0 Å². The number of aliphatic imine (C=N–C) groups is 1. The fourth-order valence-corrected chi connectivity index (χ4v) is 1.99. The molecule has 1 unspecified atom stereocenters. The molecule has 1 aromatic carbocycles. The summed E-state index contributed by atoms with van der Waals surface area (Å²) in [7, 11) is 0. The number of nitro benzene ring substituents is 1. The summed E-state index contributed by atoms with van der Waals surface area (Å²) < 4.78 is 4.89. The molecule has 0 aliphatic carbocycles. The van der Waals surface area contributed by atoms with Crippen molar-refractivity contribution in [3.8, 4) is 0 Å². The number of ether oxygens (including phenoxy) is 1. The van der Waals surface area contributed by atoms with Crippen molar-refractivity contribution < 1.29 is 19.2 Å². The van der Waals surface area contributed by atoms with Crippen molar-refractivity contribution in [3.63, 3.8) is 0 Å². The highest BCUT2D eigenvalue weighted by Gasteiger charge is 2.34. The van der Waals surface area contributed by atoms with E-state index in [1.165, 1.54) is 38.1 Å². The van der Waals surface area contributed by atoms with Crippen molar-refractivity contribution in [2.75, 3.05) is 0 Å². The van der Waals surface area contributed by atoms with Crippen molar-refractivity contribution in [3.05, 3.63) is 46.2 Å². The van der Waals surface area contributed by atoms with E-state index < -0.39 is 22.6 Å². The number of allylic oxidation sites excluding steroid dienone is 2. The third-order valence-corrected chi connectivity index (χ3v) is 2.92. The van der Waals surface area contributed by atoms with Crippen LogP contribution in [0, 0.1) is 16.0 Å². The van der Waals surface area contributed by atoms with Gasteiger partial charge in [0, 0.05) is 17.9 Å². The molecule has 1 aliphatic rings. The predicted molar refractivity (Wildman–Crippen MR) is 74.2 cm³/mol. The minimum Gasteiger partial charge on any atom is -0.430 e. The van der Waals surface area contributed by atoms with Gasteiger partial charge >= 0.3 is 5.97 Å². The van der Waals surface area contributed by atoms with Crippen LogP contribution in [-0.4, -0.2) is 22.4 Å². The first kappa shape index (κ1) is 14.6. The Hall–Kier alpha value is -2.83. The molecule has 21 heavy (non-hydrogen) atoms. The lowest BCUT2D eigenvalue weighted by molar-refractivity contribution is -0.384. The van der Waals surface area contributed by atoms with E-state index in [2.05, 4.69) is 4.99 Å². The molecule has 2 rings (SSSR count). The van der Waals surface area contributed by atoms with E-state index >= 15 is 0 Å². The van der Waals surface area contributed by atoms with Crippen LogP contribution in [0.2, 0.25) is 0 Å². The van der Waals surface area contributed by atoms with Crippen LogP contribution < -0.4 is 0 Å². The fourth-order valence-electron chi connectivity index (χ4n) is 1.99. The minimum atomic E-state index is -1.16. The van der Waals surface area contributed by atoms with Gasteiger partial charge in [0.25, 0.3) is 5.69 Å². The predicted octanol–water partition coefficient (Wildman–Crippen LogP) is 2.33. The molecule has 1 heterocycles. The normalized spacial score (nSPS) is 19.0. The second kappa shape index (κ2) is 5.66. The third kappa shape index (κ3) is 3.02. The van der Waals surface area contributed by atoms with Crippen molar-refractivity contribution >= 4 is 28.8 Å². The molecule has 1 aliphatic heterocycles. The number of nitro groups is 1. The second-order valence-corrected chi connectivity index (χ2v) is 4.51. The third-order valence-electron chi connectivity index (χ3n) is 2.92. The first-order valence-corrected chi connectivity index (χ1v) is 6.12. The van der Waals surface area contributed by atoms with Crippen LogP contribution in [0.5, 0.6) is 0 Å². The van der Waals surface area contributed by atoms with Crippen molar-refractivity contribution in [2.24, 2.45) is 10.9 Å². The summed E-state index contributed by atoms with van der Waals surface area (Å²) in [6.07, 6.45) is 1.21. The van der Waals surface area contributed by atoms with Crippen LogP contribution in [0.1, 0.15) is 13.8 Å². The highest BCUT2D eigenvalue weighted by molar-refractivity contribution is 6.23. The largest absolute Gasteiger partial charge is 0.430 e. The fraction of sp³-hybridized carbons (Fsp3) is 0.214. The van der Waals surface area contributed by atoms with E-state index in [0.29, 0.717) is 0 Å². The summed E-state index contributed by atoms with van der Waals surface area (Å²) in [6, 6.07) is 5.85. The maximum Gasteiger partial charge on any atom is 0.327 e. The van der Waals surface area contributed by atoms with E-state index in [0.717, 1.165) is 0 Å². The number of carbonyl (C=O) groups is 2. The van der Waals surface area contributed by atoms with Gasteiger partial charge in [-0.15, -0.1) is 0 Å². The molecule has 1 atom stereocenters. The van der Waals surface area contributed by atoms with E-state index in [9.17, 15) is 19.7 Å². The Morgan fingerprint density at radius 1 is 1.33 bits per heavy atom. The molecule has 0 radical (unpaired) electrons. The zero-order valence-corrected chi connectivity index (χ0v) is 11.4. The monoisotopic (exact) mass is 288 g/mol. The van der Waals surface area contributed by atoms with Crippen LogP contribution >= 0.6 is 0 Å². The summed E-state index contributed by atoms with van der Waals surface area (Å²) in [6.45, 7) is 2.97. The second-order valence-electron chi connectivity index (χ2n) is 4.51. The molecule has 0 amide bonds. The van der Waals surface area contributed by atoms with Gasteiger partial charge in [0.2, 0.25) is 0 Å². The molecule has 108 valence electrons. The van der Waals surface area contributed by atoms with E-state index in [4.69, 9.17) is 4.74 Å². The summed E-state index contributed by atoms with van der Waals surface area (Å²) in [5, 5.41) is 10.9. The SMILES string of the molecule is CC1=CC(=O)C(C(C)=Nc2ccccc2[N+](=O)[O-])C(=O)O1. The number of ketones is 1. The first-order chi connectivity index (χ1) is 9.90. The average Bonchev–Trinajstić information content (AvgIpc) is 2.37. The molecule has 0 saturated carbocycles. The molecular weight excluding hydrogens is 276 g/mol. The summed E-state index contributed by atoms with van der Waals surface area (Å²) >= 11 is 0. The van der Waals surface area contributed by atoms with Gasteiger partial charge in [0.1, 0.15) is 11.4 Å². The molecule has 0 N–H and O–H groups in total. The first-order valence-electron chi connectivity index (χ1n) is 6.12. The Labute approximate surface area is 120 Å². The molecule has 7 nitrogen and oxygen atoms in total. The molecular formula is C14H12N2O5. The topological polar surface area (TPSA) is 98.9 Å². The van der Waals surface area contributed by atoms with Crippen LogP contribution in [0.25, 0.3) is 0 Å². The number of rotatable bonds is 3. The highest BCUT2D eigenvalue weighted by Crippen LogP contribution is 2.28. The van der Waals surface area contributed by atoms with E-state index in [1.807, 2.05) is 0 Å². The highest BCUT2D eigenvalue weighted by atomic mass is 16.6. The van der Waals surface area contributed by atoms with E-state index in [1.54, 1.807) is 6.07 Å². The number of nitrogens with zero attached hydrogens (tertiary/aromatic N) is 2. The smallest absolute Gasteiger partial charge is 0.327 e. The quantitative estimate of drug-likeness (QED) is 0.279. The van der Waals surface area contributed by atoms with Crippen LogP contribution in [0.4, 0.5) is 11.4 Å². The van der Waals surface area contributed by atoms with Crippen LogP contribution in [0.15, 0.2) is 41.1 Å². The van der Waals surface area contributed by atoms with Crippen molar-refractivity contribution in [2.45, 2.75) is 13.8 Å². The van der Waals surface area contributed by atoms with Gasteiger partial charge in [-0.2, -0.15) is 0 Å². The number of carbonyl (C=O) groups excluding carboxylic acids is 2. The lowest BCUT2D eigenvalue weighted by atomic mass is 9.96. The number of hydrogen-bond acceptors (Lipinski definition) is 6. The Bertz CT molecular complexity index is 690. The molecule has 0 fully saturated rings. The van der Waals surface area contributed by atoms with Gasteiger partial charge in [0.05, 0.1) is 4.92 Å². The Morgan fingerprint density at radius 2 is 2.00 bits per heavy atom. The molecule has 0 saturated heterocycles. The number of cyclic esters (lactones) is 1. The molecule has 1 aromatic rings. The number of benzene rings is 1. The minimum absolute atomic E-state index is 0.0897. The average molecular weight is 288 g/mol. The summed E-state index contributed by atoms with van der Waals surface area (Å²) in [4.78, 5) is 38.0. The molecule has 0 spiro atoms. The Kier molecular flexibility index (Phi) is 3.93. The van der Waals surface area contributed by atoms with Crippen molar-refractivity contribution in [1.82, 2.24) is 0 Å². The Balaban J connectivity index is 2.40. The number of esters is 1. The maximum atomic E-state index is 11.9. The zero-order chi connectivity index (χ0) is 15.6. The van der Waals surface area contributed by atoms with Gasteiger partial charge in [-0.1, -0.05) is 12.1 Å². The maximum absolute atomic E-state index is 11.9. The lowest BCUT2D eigenvalue weighted by Gasteiger charge is -2.18. The molecule has 0 aromatic heterocycles. The molecule has 7 heteroatoms. The molecule has 0 bridgehead atoms. The Morgan fingerprint density at radius 3 is 2.62 bits per heavy atom. The van der Waals surface area contributed by atoms with Gasteiger partial charge in [-0.05, 0) is 19.9 Å². The standard InChI is InChI=1S/C14H12N2O5/c1-8-7-12(17)13(14(18)21-8)9(2)15-10-5-3-4-6-11(10)16(19)20/h3-7,13H,1-2H3. The van der Waals surface area contributed by atoms with Gasteiger partial charge < -0.3 is 4.74 Å². The summed E-state index contributed by atoms with van der Waals surface area (Å²) in [5.41, 5.74) is 0.0510. The van der Waals surface area contributed by atoms with Crippen molar-refractivity contribution in [1.29, 1.82) is 0 Å². The zero-order valence-electron chi connectivity index (χ0n) is 11.4. The van der Waals surface area contributed by atoms with Gasteiger partial charge in [0.15, 0.2) is 11.7 Å². The van der Waals surface area contributed by atoms with Gasteiger partial charge in [-0.3, -0.25) is 19.7 Å². The number of hydrogen-bond donors (Lipinski definition) is 0. The summed E-state index contributed by atoms with van der Waals surface area (Å²) in [5.74, 6) is -2.10. The van der Waals surface area contributed by atoms with Gasteiger partial charge in [-0.25, -0.2) is 4.99 Å². The van der Waals surface area contributed by atoms with E-state index in [-0.39, 0.29) is 22.8 Å². The van der Waals surface area contributed by atoms with Crippen LogP contribution in [-0.2, 0) is 14.3 Å².